The van der Waals surface area contributed by atoms with Crippen LogP contribution in [0.1, 0.15) is 24.8 Å². The van der Waals surface area contributed by atoms with Crippen LogP contribution in [0, 0.1) is 5.92 Å². The average molecular weight is 194 g/mol. The lowest BCUT2D eigenvalue weighted by Crippen LogP contribution is -2.15. The first-order valence-corrected chi connectivity index (χ1v) is 5.06. The zero-order valence-corrected chi connectivity index (χ0v) is 8.56. The largest absolute Gasteiger partial charge is 0.396 e. The van der Waals surface area contributed by atoms with Crippen LogP contribution in [0.25, 0.3) is 0 Å². The quantitative estimate of drug-likeness (QED) is 0.750. The molecular formula is C12H18O2. The molecule has 0 radical (unpaired) electrons. The number of benzene rings is 1. The van der Waals surface area contributed by atoms with Gasteiger partial charge in [0.25, 0.3) is 0 Å². The van der Waals surface area contributed by atoms with Crippen molar-refractivity contribution < 1.29 is 10.2 Å². The van der Waals surface area contributed by atoms with Gasteiger partial charge in [0.2, 0.25) is 0 Å². The van der Waals surface area contributed by atoms with E-state index in [-0.39, 0.29) is 25.0 Å². The Morgan fingerprint density at radius 1 is 1.14 bits per heavy atom. The van der Waals surface area contributed by atoms with Crippen molar-refractivity contribution in [1.82, 2.24) is 0 Å². The summed E-state index contributed by atoms with van der Waals surface area (Å²) in [6.45, 7) is 2.34. The van der Waals surface area contributed by atoms with Gasteiger partial charge in [0.15, 0.2) is 0 Å². The highest BCUT2D eigenvalue weighted by Crippen LogP contribution is 2.27. The van der Waals surface area contributed by atoms with Gasteiger partial charge in [-0.15, -0.1) is 0 Å². The Balaban J connectivity index is 2.77. The van der Waals surface area contributed by atoms with E-state index in [9.17, 15) is 0 Å². The van der Waals surface area contributed by atoms with Gasteiger partial charge in [0, 0.05) is 13.2 Å². The minimum absolute atomic E-state index is 0.166. The van der Waals surface area contributed by atoms with Crippen LogP contribution in [0.3, 0.4) is 0 Å². The number of hydrogen-bond donors (Lipinski definition) is 2. The molecule has 0 unspecified atom stereocenters. The van der Waals surface area contributed by atoms with Crippen molar-refractivity contribution in [3.8, 4) is 0 Å². The summed E-state index contributed by atoms with van der Waals surface area (Å²) in [6.07, 6.45) is 0.714. The second-order valence-electron chi connectivity index (χ2n) is 3.69. The molecule has 2 N–H and O–H groups in total. The third-order valence-electron chi connectivity index (χ3n) is 2.64. The van der Waals surface area contributed by atoms with Gasteiger partial charge < -0.3 is 10.2 Å². The van der Waals surface area contributed by atoms with E-state index in [0.29, 0.717) is 6.42 Å². The average Bonchev–Trinajstić information content (AvgIpc) is 2.26. The molecule has 1 aromatic rings. The number of aliphatic hydroxyl groups excluding tert-OH is 2. The van der Waals surface area contributed by atoms with Crippen LogP contribution in [-0.2, 0) is 0 Å². The van der Waals surface area contributed by atoms with Crippen LogP contribution in [0.5, 0.6) is 0 Å². The second-order valence-corrected chi connectivity index (χ2v) is 3.69. The lowest BCUT2D eigenvalue weighted by molar-refractivity contribution is 0.192. The van der Waals surface area contributed by atoms with Gasteiger partial charge in [-0.25, -0.2) is 0 Å². The maximum atomic E-state index is 9.11. The van der Waals surface area contributed by atoms with Crippen LogP contribution < -0.4 is 0 Å². The Bertz CT molecular complexity index is 246. The van der Waals surface area contributed by atoms with E-state index in [1.165, 1.54) is 5.56 Å². The predicted molar refractivity (Wildman–Crippen MR) is 57.1 cm³/mol. The predicted octanol–water partition coefficient (Wildman–Crippen LogP) is 1.78. The van der Waals surface area contributed by atoms with Gasteiger partial charge >= 0.3 is 0 Å². The molecule has 1 rings (SSSR count). The van der Waals surface area contributed by atoms with Crippen molar-refractivity contribution in [3.05, 3.63) is 35.9 Å². The molecule has 0 saturated carbocycles. The molecule has 0 aliphatic rings. The molecule has 78 valence electrons. The fourth-order valence-corrected chi connectivity index (χ4v) is 1.75. The molecule has 2 nitrogen and oxygen atoms in total. The fourth-order valence-electron chi connectivity index (χ4n) is 1.75. The maximum Gasteiger partial charge on any atom is 0.0462 e. The van der Waals surface area contributed by atoms with Crippen molar-refractivity contribution in [3.63, 3.8) is 0 Å². The Morgan fingerprint density at radius 3 is 2.29 bits per heavy atom. The minimum atomic E-state index is 0.166. The molecule has 1 aromatic carbocycles. The van der Waals surface area contributed by atoms with Gasteiger partial charge in [0.1, 0.15) is 0 Å². The third-order valence-corrected chi connectivity index (χ3v) is 2.64. The zero-order valence-electron chi connectivity index (χ0n) is 8.56. The number of rotatable bonds is 5. The summed E-state index contributed by atoms with van der Waals surface area (Å²) in [5.41, 5.74) is 1.20. The maximum absolute atomic E-state index is 9.11. The van der Waals surface area contributed by atoms with Gasteiger partial charge in [0.05, 0.1) is 0 Å². The summed E-state index contributed by atoms with van der Waals surface area (Å²) >= 11 is 0. The Labute approximate surface area is 85.2 Å². The van der Waals surface area contributed by atoms with Crippen molar-refractivity contribution in [2.45, 2.75) is 19.3 Å². The van der Waals surface area contributed by atoms with E-state index < -0.39 is 0 Å². The molecule has 0 saturated heterocycles. The SMILES string of the molecule is C[C@@H](CO)[C@@H](CCO)c1ccccc1. The Morgan fingerprint density at radius 2 is 1.79 bits per heavy atom. The van der Waals surface area contributed by atoms with Crippen LogP contribution in [0.15, 0.2) is 30.3 Å². The summed E-state index contributed by atoms with van der Waals surface area (Å²) in [5, 5.41) is 18.1. The first-order valence-electron chi connectivity index (χ1n) is 5.06. The fraction of sp³-hybridized carbons (Fsp3) is 0.500. The monoisotopic (exact) mass is 194 g/mol. The molecule has 0 amide bonds. The van der Waals surface area contributed by atoms with E-state index >= 15 is 0 Å². The summed E-state index contributed by atoms with van der Waals surface area (Å²) in [5.74, 6) is 0.454. The number of aliphatic hydroxyl groups is 2. The van der Waals surface area contributed by atoms with Crippen molar-refractivity contribution in [2.75, 3.05) is 13.2 Å². The minimum Gasteiger partial charge on any atom is -0.396 e. The lowest BCUT2D eigenvalue weighted by atomic mass is 9.85. The van der Waals surface area contributed by atoms with E-state index in [1.54, 1.807) is 0 Å². The molecule has 2 atom stereocenters. The van der Waals surface area contributed by atoms with Gasteiger partial charge in [-0.3, -0.25) is 0 Å². The molecule has 2 heteroatoms. The Kier molecular flexibility index (Phi) is 4.63. The first-order chi connectivity index (χ1) is 6.79. The first kappa shape index (κ1) is 11.2. The molecule has 0 aromatic heterocycles. The topological polar surface area (TPSA) is 40.5 Å². The lowest BCUT2D eigenvalue weighted by Gasteiger charge is -2.21. The van der Waals surface area contributed by atoms with Crippen LogP contribution in [0.2, 0.25) is 0 Å². The highest BCUT2D eigenvalue weighted by atomic mass is 16.3. The third kappa shape index (κ3) is 2.82. The van der Waals surface area contributed by atoms with E-state index in [1.807, 2.05) is 37.3 Å². The highest BCUT2D eigenvalue weighted by molar-refractivity contribution is 5.20. The summed E-state index contributed by atoms with van der Waals surface area (Å²) in [7, 11) is 0. The second kappa shape index (κ2) is 5.78. The molecular weight excluding hydrogens is 176 g/mol. The summed E-state index contributed by atoms with van der Waals surface area (Å²) in [4.78, 5) is 0. The molecule has 0 fully saturated rings. The van der Waals surface area contributed by atoms with E-state index in [0.717, 1.165) is 0 Å². The molecule has 0 aliphatic heterocycles. The summed E-state index contributed by atoms with van der Waals surface area (Å²) in [6, 6.07) is 10.1. The van der Waals surface area contributed by atoms with Crippen molar-refractivity contribution >= 4 is 0 Å². The standard InChI is InChI=1S/C12H18O2/c1-10(9-14)12(7-8-13)11-5-3-2-4-6-11/h2-6,10,12-14H,7-9H2,1H3/t10-,12+/m0/s1. The number of hydrogen-bond acceptors (Lipinski definition) is 2. The van der Waals surface area contributed by atoms with Gasteiger partial charge in [-0.2, -0.15) is 0 Å². The van der Waals surface area contributed by atoms with Crippen LogP contribution >= 0.6 is 0 Å². The Hall–Kier alpha value is -0.860. The van der Waals surface area contributed by atoms with Crippen molar-refractivity contribution in [2.24, 2.45) is 5.92 Å². The molecule has 0 bridgehead atoms. The van der Waals surface area contributed by atoms with Gasteiger partial charge in [-0.05, 0) is 23.8 Å². The molecule has 14 heavy (non-hydrogen) atoms. The molecule has 0 heterocycles. The zero-order chi connectivity index (χ0) is 10.4. The smallest absolute Gasteiger partial charge is 0.0462 e. The van der Waals surface area contributed by atoms with E-state index in [4.69, 9.17) is 10.2 Å². The van der Waals surface area contributed by atoms with Crippen LogP contribution in [-0.4, -0.2) is 23.4 Å². The van der Waals surface area contributed by atoms with E-state index in [2.05, 4.69) is 0 Å². The van der Waals surface area contributed by atoms with Crippen molar-refractivity contribution in [1.29, 1.82) is 0 Å². The summed E-state index contributed by atoms with van der Waals surface area (Å²) < 4.78 is 0. The normalized spacial score (nSPS) is 15.1. The van der Waals surface area contributed by atoms with Gasteiger partial charge in [-0.1, -0.05) is 37.3 Å². The van der Waals surface area contributed by atoms with Crippen LogP contribution in [0.4, 0.5) is 0 Å². The molecule has 0 aliphatic carbocycles. The highest BCUT2D eigenvalue weighted by Gasteiger charge is 2.17. The molecule has 0 spiro atoms.